The van der Waals surface area contributed by atoms with E-state index in [-0.39, 0.29) is 11.9 Å². The number of carbonyl (C=O) groups is 1. The molecule has 7 heteroatoms. The Morgan fingerprint density at radius 2 is 2.16 bits per heavy atom. The van der Waals surface area contributed by atoms with Gasteiger partial charge < -0.3 is 9.73 Å². The molecule has 0 spiro atoms. The molecule has 0 radical (unpaired) electrons. The number of H-pyrrole nitrogens is 1. The van der Waals surface area contributed by atoms with Crippen molar-refractivity contribution in [1.29, 1.82) is 0 Å². The van der Waals surface area contributed by atoms with Crippen molar-refractivity contribution in [2.45, 2.75) is 19.9 Å². The molecule has 1 amide bonds. The lowest BCUT2D eigenvalue weighted by molar-refractivity contribution is 0.102. The van der Waals surface area contributed by atoms with Crippen LogP contribution in [0.25, 0.3) is 22.2 Å². The van der Waals surface area contributed by atoms with Crippen LogP contribution in [0.4, 0.5) is 5.69 Å². The summed E-state index contributed by atoms with van der Waals surface area (Å²) in [6.07, 6.45) is 5.12. The van der Waals surface area contributed by atoms with Crippen molar-refractivity contribution >= 4 is 22.5 Å². The molecule has 126 valence electrons. The molecule has 0 saturated heterocycles. The van der Waals surface area contributed by atoms with Gasteiger partial charge in [-0.3, -0.25) is 14.6 Å². The second-order valence-corrected chi connectivity index (χ2v) is 6.11. The molecule has 0 aliphatic rings. The first-order valence-corrected chi connectivity index (χ1v) is 7.98. The molecular weight excluding hydrogens is 318 g/mol. The number of aromatic nitrogens is 4. The standard InChI is InChI=1S/C18H17N5O2/c1-11(2)23-9-13-7-14(3-4-15(13)22-23)19-18(24)17-8-16(20-21-17)12-5-6-25-10-12/h3-11H,1-2H3,(H,19,24)(H,20,21). The van der Waals surface area contributed by atoms with Crippen LogP contribution in [-0.4, -0.2) is 25.9 Å². The van der Waals surface area contributed by atoms with Crippen molar-refractivity contribution in [3.05, 3.63) is 54.7 Å². The molecule has 4 aromatic rings. The highest BCUT2D eigenvalue weighted by molar-refractivity contribution is 6.04. The largest absolute Gasteiger partial charge is 0.472 e. The van der Waals surface area contributed by atoms with E-state index in [1.54, 1.807) is 24.7 Å². The maximum atomic E-state index is 12.4. The lowest BCUT2D eigenvalue weighted by Crippen LogP contribution is -2.12. The highest BCUT2D eigenvalue weighted by Crippen LogP contribution is 2.21. The second-order valence-electron chi connectivity index (χ2n) is 6.11. The lowest BCUT2D eigenvalue weighted by atomic mass is 10.2. The highest BCUT2D eigenvalue weighted by Gasteiger charge is 2.13. The van der Waals surface area contributed by atoms with Crippen LogP contribution in [0.3, 0.4) is 0 Å². The van der Waals surface area contributed by atoms with E-state index in [0.717, 1.165) is 16.5 Å². The third-order valence-electron chi connectivity index (χ3n) is 3.95. The van der Waals surface area contributed by atoms with Crippen LogP contribution in [0.5, 0.6) is 0 Å². The fraction of sp³-hybridized carbons (Fsp3) is 0.167. The van der Waals surface area contributed by atoms with Crippen LogP contribution in [0.1, 0.15) is 30.4 Å². The Bertz CT molecular complexity index is 1030. The Kier molecular flexibility index (Phi) is 3.61. The zero-order valence-electron chi connectivity index (χ0n) is 13.9. The molecule has 0 unspecified atom stereocenters. The van der Waals surface area contributed by atoms with E-state index in [9.17, 15) is 4.79 Å². The summed E-state index contributed by atoms with van der Waals surface area (Å²) in [6, 6.07) is 9.41. The average Bonchev–Trinajstić information content (AvgIpc) is 3.33. The minimum absolute atomic E-state index is 0.252. The third-order valence-corrected chi connectivity index (χ3v) is 3.95. The van der Waals surface area contributed by atoms with Crippen LogP contribution < -0.4 is 5.32 Å². The molecule has 3 aromatic heterocycles. The fourth-order valence-corrected chi connectivity index (χ4v) is 2.58. The number of carbonyl (C=O) groups excluding carboxylic acids is 1. The number of hydrogen-bond acceptors (Lipinski definition) is 4. The Hall–Kier alpha value is -3.35. The lowest BCUT2D eigenvalue weighted by Gasteiger charge is -2.02. The average molecular weight is 335 g/mol. The first kappa shape index (κ1) is 15.2. The first-order chi connectivity index (χ1) is 12.1. The number of anilines is 1. The van der Waals surface area contributed by atoms with Gasteiger partial charge in [-0.05, 0) is 44.2 Å². The molecule has 0 saturated carbocycles. The van der Waals surface area contributed by atoms with Gasteiger partial charge >= 0.3 is 0 Å². The number of rotatable bonds is 4. The molecule has 0 bridgehead atoms. The molecule has 3 heterocycles. The Labute approximate surface area is 143 Å². The van der Waals surface area contributed by atoms with Gasteiger partial charge in [0.1, 0.15) is 5.69 Å². The number of hydrogen-bond donors (Lipinski definition) is 2. The molecule has 7 nitrogen and oxygen atoms in total. The monoisotopic (exact) mass is 335 g/mol. The van der Waals surface area contributed by atoms with Gasteiger partial charge in [0.05, 0.1) is 23.7 Å². The zero-order valence-corrected chi connectivity index (χ0v) is 13.9. The summed E-state index contributed by atoms with van der Waals surface area (Å²) in [4.78, 5) is 12.4. The van der Waals surface area contributed by atoms with Crippen LogP contribution in [0.2, 0.25) is 0 Å². The summed E-state index contributed by atoms with van der Waals surface area (Å²) in [5.41, 5.74) is 3.47. The van der Waals surface area contributed by atoms with Crippen molar-refractivity contribution < 1.29 is 9.21 Å². The summed E-state index contributed by atoms with van der Waals surface area (Å²) in [5.74, 6) is -0.252. The van der Waals surface area contributed by atoms with Crippen LogP contribution in [0, 0.1) is 0 Å². The molecule has 0 aliphatic heterocycles. The van der Waals surface area contributed by atoms with Crippen molar-refractivity contribution in [2.24, 2.45) is 0 Å². The molecule has 0 aliphatic carbocycles. The number of fused-ring (bicyclic) bond motifs is 1. The van der Waals surface area contributed by atoms with E-state index in [1.165, 1.54) is 0 Å². The number of furan rings is 1. The van der Waals surface area contributed by atoms with Crippen molar-refractivity contribution in [3.8, 4) is 11.3 Å². The molecule has 2 N–H and O–H groups in total. The van der Waals surface area contributed by atoms with E-state index >= 15 is 0 Å². The van der Waals surface area contributed by atoms with Gasteiger partial charge in [-0.2, -0.15) is 10.2 Å². The second kappa shape index (κ2) is 5.94. The van der Waals surface area contributed by atoms with Crippen LogP contribution >= 0.6 is 0 Å². The number of nitrogens with zero attached hydrogens (tertiary/aromatic N) is 3. The predicted molar refractivity (Wildman–Crippen MR) is 94.4 cm³/mol. The van der Waals surface area contributed by atoms with Gasteiger partial charge in [0.2, 0.25) is 0 Å². The predicted octanol–water partition coefficient (Wildman–Crippen LogP) is 3.85. The van der Waals surface area contributed by atoms with Gasteiger partial charge in [0, 0.05) is 28.9 Å². The summed E-state index contributed by atoms with van der Waals surface area (Å²) in [7, 11) is 0. The van der Waals surface area contributed by atoms with Gasteiger partial charge in [0.25, 0.3) is 5.91 Å². The smallest absolute Gasteiger partial charge is 0.273 e. The quantitative estimate of drug-likeness (QED) is 0.593. The van der Waals surface area contributed by atoms with Gasteiger partial charge in [-0.1, -0.05) is 0 Å². The van der Waals surface area contributed by atoms with E-state index < -0.39 is 0 Å². The SMILES string of the molecule is CC(C)n1cc2cc(NC(=O)c3cc(-c4ccoc4)n[nH]3)ccc2n1. The van der Waals surface area contributed by atoms with E-state index in [2.05, 4.69) is 34.5 Å². The Morgan fingerprint density at radius 1 is 1.28 bits per heavy atom. The van der Waals surface area contributed by atoms with Crippen molar-refractivity contribution in [2.75, 3.05) is 5.32 Å². The normalized spacial score (nSPS) is 11.3. The number of amides is 1. The minimum Gasteiger partial charge on any atom is -0.472 e. The number of nitrogens with one attached hydrogen (secondary N) is 2. The summed E-state index contributed by atoms with van der Waals surface area (Å²) < 4.78 is 6.94. The van der Waals surface area contributed by atoms with Gasteiger partial charge in [-0.25, -0.2) is 0 Å². The van der Waals surface area contributed by atoms with Gasteiger partial charge in [-0.15, -0.1) is 0 Å². The maximum absolute atomic E-state index is 12.4. The number of aromatic amines is 1. The molecule has 1 aromatic carbocycles. The molecule has 0 fully saturated rings. The zero-order chi connectivity index (χ0) is 17.4. The molecule has 25 heavy (non-hydrogen) atoms. The molecule has 0 atom stereocenters. The van der Waals surface area contributed by atoms with Crippen LogP contribution in [-0.2, 0) is 0 Å². The fourth-order valence-electron chi connectivity index (χ4n) is 2.58. The summed E-state index contributed by atoms with van der Waals surface area (Å²) in [5, 5.41) is 15.2. The first-order valence-electron chi connectivity index (χ1n) is 7.98. The minimum atomic E-state index is -0.252. The van der Waals surface area contributed by atoms with Crippen LogP contribution in [0.15, 0.2) is 53.5 Å². The summed E-state index contributed by atoms with van der Waals surface area (Å²) >= 11 is 0. The molecule has 4 rings (SSSR count). The number of benzene rings is 1. The van der Waals surface area contributed by atoms with E-state index in [0.29, 0.717) is 17.1 Å². The van der Waals surface area contributed by atoms with E-state index in [4.69, 9.17) is 4.42 Å². The van der Waals surface area contributed by atoms with Gasteiger partial charge in [0.15, 0.2) is 0 Å². The van der Waals surface area contributed by atoms with Crippen molar-refractivity contribution in [1.82, 2.24) is 20.0 Å². The third kappa shape index (κ3) is 2.91. The topological polar surface area (TPSA) is 88.7 Å². The Balaban J connectivity index is 1.55. The van der Waals surface area contributed by atoms with Crippen molar-refractivity contribution in [3.63, 3.8) is 0 Å². The maximum Gasteiger partial charge on any atom is 0.273 e. The summed E-state index contributed by atoms with van der Waals surface area (Å²) in [6.45, 7) is 4.15. The van der Waals surface area contributed by atoms with E-state index in [1.807, 2.05) is 29.1 Å². The molecular formula is C18H17N5O2. The highest BCUT2D eigenvalue weighted by atomic mass is 16.3. The Morgan fingerprint density at radius 3 is 2.92 bits per heavy atom.